The van der Waals surface area contributed by atoms with Crippen LogP contribution in [0.3, 0.4) is 0 Å². The summed E-state index contributed by atoms with van der Waals surface area (Å²) in [6, 6.07) is 17.2. The highest BCUT2D eigenvalue weighted by Gasteiger charge is 2.24. The molecule has 0 fully saturated rings. The molecule has 3 N–H and O–H groups in total. The van der Waals surface area contributed by atoms with Gasteiger partial charge in [-0.05, 0) is 40.1 Å². The van der Waals surface area contributed by atoms with E-state index in [2.05, 4.69) is 51.7 Å². The number of halogens is 1. The highest BCUT2D eigenvalue weighted by molar-refractivity contribution is 9.10. The molecule has 2 aromatic carbocycles. The van der Waals surface area contributed by atoms with E-state index in [1.165, 1.54) is 22.7 Å². The van der Waals surface area contributed by atoms with E-state index in [4.69, 9.17) is 5.73 Å². The largest absolute Gasteiger partial charge is 0.378 e. The number of rotatable bonds is 7. The number of carbonyl (C=O) groups is 1. The summed E-state index contributed by atoms with van der Waals surface area (Å²) >= 11 is 4.90. The summed E-state index contributed by atoms with van der Waals surface area (Å²) in [6.07, 6.45) is 1.53. The zero-order chi connectivity index (χ0) is 21.6. The average molecular weight is 499 g/mol. The fourth-order valence-corrected chi connectivity index (χ4v) is 3.92. The zero-order valence-corrected chi connectivity index (χ0v) is 18.2. The van der Waals surface area contributed by atoms with Crippen molar-refractivity contribution in [2.75, 3.05) is 5.73 Å². The van der Waals surface area contributed by atoms with Crippen LogP contribution in [0.2, 0.25) is 0 Å². The second-order valence-corrected chi connectivity index (χ2v) is 8.09. The molecule has 0 aliphatic rings. The van der Waals surface area contributed by atoms with Crippen molar-refractivity contribution < 1.29 is 9.42 Å². The van der Waals surface area contributed by atoms with E-state index in [-0.39, 0.29) is 17.3 Å². The molecule has 0 saturated heterocycles. The summed E-state index contributed by atoms with van der Waals surface area (Å²) in [5.41, 5.74) is 9.67. The summed E-state index contributed by atoms with van der Waals surface area (Å²) in [5, 5.41) is 19.4. The number of anilines is 1. The van der Waals surface area contributed by atoms with Gasteiger partial charge in [-0.25, -0.2) is 10.1 Å². The quantitative estimate of drug-likeness (QED) is 0.225. The normalized spacial score (nSPS) is 11.1. The molecule has 156 valence electrons. The first kappa shape index (κ1) is 20.8. The Labute approximate surface area is 189 Å². The predicted octanol–water partition coefficient (Wildman–Crippen LogP) is 3.05. The van der Waals surface area contributed by atoms with Gasteiger partial charge in [0.15, 0.2) is 5.69 Å². The van der Waals surface area contributed by atoms with E-state index >= 15 is 0 Å². The number of nitrogens with one attached hydrogen (secondary N) is 1. The van der Waals surface area contributed by atoms with Crippen molar-refractivity contribution in [1.82, 2.24) is 30.7 Å². The highest BCUT2D eigenvalue weighted by Crippen LogP contribution is 2.25. The Morgan fingerprint density at radius 3 is 2.81 bits per heavy atom. The Morgan fingerprint density at radius 2 is 2.06 bits per heavy atom. The summed E-state index contributed by atoms with van der Waals surface area (Å²) in [7, 11) is 0. The maximum Gasteiger partial charge on any atom is 0.293 e. The van der Waals surface area contributed by atoms with E-state index in [9.17, 15) is 4.79 Å². The van der Waals surface area contributed by atoms with Crippen LogP contribution in [0.4, 0.5) is 5.82 Å². The Hall–Kier alpha value is -3.51. The molecule has 0 bridgehead atoms. The predicted molar refractivity (Wildman–Crippen MR) is 119 cm³/mol. The minimum absolute atomic E-state index is 0.0375. The molecule has 0 unspecified atom stereocenters. The molecule has 4 aromatic rings. The van der Waals surface area contributed by atoms with Gasteiger partial charge in [0.2, 0.25) is 11.6 Å². The number of hydrogen-bond donors (Lipinski definition) is 2. The molecule has 0 aliphatic heterocycles. The van der Waals surface area contributed by atoms with Crippen molar-refractivity contribution in [3.05, 3.63) is 76.0 Å². The van der Waals surface area contributed by atoms with Gasteiger partial charge >= 0.3 is 0 Å². The molecular formula is C19H15BrN8O2S. The van der Waals surface area contributed by atoms with Crippen LogP contribution in [0.15, 0.2) is 73.7 Å². The monoisotopic (exact) mass is 498 g/mol. The molecular weight excluding hydrogens is 484 g/mol. The molecule has 2 heterocycles. The average Bonchev–Trinajstić information content (AvgIpc) is 3.38. The van der Waals surface area contributed by atoms with Crippen molar-refractivity contribution in [1.29, 1.82) is 0 Å². The lowest BCUT2D eigenvalue weighted by Gasteiger charge is -2.05. The lowest BCUT2D eigenvalue weighted by molar-refractivity contribution is 0.0949. The molecule has 10 nitrogen and oxygen atoms in total. The Balaban J connectivity index is 1.58. The molecule has 0 atom stereocenters. The van der Waals surface area contributed by atoms with Gasteiger partial charge in [-0.2, -0.15) is 9.78 Å². The third-order valence-corrected chi connectivity index (χ3v) is 5.54. The summed E-state index contributed by atoms with van der Waals surface area (Å²) < 4.78 is 6.91. The van der Waals surface area contributed by atoms with Crippen LogP contribution in [0.25, 0.3) is 5.82 Å². The van der Waals surface area contributed by atoms with Gasteiger partial charge in [-0.1, -0.05) is 51.5 Å². The van der Waals surface area contributed by atoms with Gasteiger partial charge in [-0.15, -0.1) is 16.9 Å². The molecule has 0 spiro atoms. The number of carbonyl (C=O) groups excluding carboxylic acids is 1. The zero-order valence-electron chi connectivity index (χ0n) is 15.8. The molecule has 0 aliphatic carbocycles. The lowest BCUT2D eigenvalue weighted by atomic mass is 10.2. The number of amides is 1. The number of benzene rings is 2. The highest BCUT2D eigenvalue weighted by atomic mass is 79.9. The van der Waals surface area contributed by atoms with E-state index in [0.717, 1.165) is 14.9 Å². The minimum Gasteiger partial charge on any atom is -0.378 e. The van der Waals surface area contributed by atoms with Crippen LogP contribution in [0.1, 0.15) is 21.7 Å². The minimum atomic E-state index is -0.517. The maximum atomic E-state index is 12.8. The second-order valence-electron chi connectivity index (χ2n) is 6.13. The second kappa shape index (κ2) is 9.53. The van der Waals surface area contributed by atoms with E-state index < -0.39 is 5.91 Å². The fourth-order valence-electron chi connectivity index (χ4n) is 2.59. The third kappa shape index (κ3) is 4.98. The van der Waals surface area contributed by atoms with Crippen molar-refractivity contribution in [2.45, 2.75) is 10.6 Å². The number of aromatic nitrogens is 5. The molecule has 1 amide bonds. The van der Waals surface area contributed by atoms with Gasteiger partial charge in [0.05, 0.1) is 11.9 Å². The summed E-state index contributed by atoms with van der Waals surface area (Å²) in [6.45, 7) is 0. The van der Waals surface area contributed by atoms with Crippen LogP contribution in [0, 0.1) is 0 Å². The molecule has 2 aromatic heterocycles. The maximum absolute atomic E-state index is 12.8. The first-order chi connectivity index (χ1) is 15.1. The summed E-state index contributed by atoms with van der Waals surface area (Å²) in [5.74, 6) is 0.0565. The van der Waals surface area contributed by atoms with Crippen molar-refractivity contribution in [3.8, 4) is 5.82 Å². The van der Waals surface area contributed by atoms with Crippen molar-refractivity contribution >= 4 is 45.6 Å². The Bertz CT molecular complexity index is 1220. The smallest absolute Gasteiger partial charge is 0.293 e. The van der Waals surface area contributed by atoms with Crippen LogP contribution in [0.5, 0.6) is 0 Å². The summed E-state index contributed by atoms with van der Waals surface area (Å²) in [4.78, 5) is 13.8. The Kier molecular flexibility index (Phi) is 6.38. The Morgan fingerprint density at radius 1 is 1.23 bits per heavy atom. The first-order valence-electron chi connectivity index (χ1n) is 8.91. The number of thioether (sulfide) groups is 1. The van der Waals surface area contributed by atoms with Gasteiger partial charge in [0.25, 0.3) is 5.91 Å². The van der Waals surface area contributed by atoms with E-state index in [1.807, 2.05) is 54.6 Å². The number of hydrogen-bond acceptors (Lipinski definition) is 9. The molecule has 0 saturated carbocycles. The first-order valence-corrected chi connectivity index (χ1v) is 10.7. The van der Waals surface area contributed by atoms with Gasteiger partial charge in [-0.3, -0.25) is 4.79 Å². The van der Waals surface area contributed by atoms with Crippen LogP contribution in [-0.2, 0) is 5.75 Å². The van der Waals surface area contributed by atoms with Gasteiger partial charge in [0.1, 0.15) is 0 Å². The fraction of sp³-hybridized carbons (Fsp3) is 0.0526. The van der Waals surface area contributed by atoms with Crippen molar-refractivity contribution in [2.24, 2.45) is 5.10 Å². The van der Waals surface area contributed by atoms with E-state index in [0.29, 0.717) is 11.4 Å². The SMILES string of the molecule is Nc1nonc1-n1nnc(C(=O)NN=Cc2cccc(Br)c2)c1CSc1ccccc1. The molecule has 12 heteroatoms. The van der Waals surface area contributed by atoms with Crippen LogP contribution in [-0.4, -0.2) is 37.4 Å². The lowest BCUT2D eigenvalue weighted by Crippen LogP contribution is -2.20. The number of hydrazone groups is 1. The topological polar surface area (TPSA) is 137 Å². The standard InChI is InChI=1S/C19H15BrN8O2S/c20-13-6-4-5-12(9-13)10-22-24-19(29)16-15(11-31-14-7-2-1-3-8-14)28(27-23-16)18-17(21)25-30-26-18/h1-10H,11H2,(H2,21,25)(H,24,29). The number of nitrogens with two attached hydrogens (primary N) is 1. The van der Waals surface area contributed by atoms with Gasteiger partial charge < -0.3 is 5.73 Å². The van der Waals surface area contributed by atoms with Crippen LogP contribution < -0.4 is 11.2 Å². The van der Waals surface area contributed by atoms with Crippen molar-refractivity contribution in [3.63, 3.8) is 0 Å². The van der Waals surface area contributed by atoms with Crippen LogP contribution >= 0.6 is 27.7 Å². The third-order valence-electron chi connectivity index (χ3n) is 4.02. The molecule has 0 radical (unpaired) electrons. The van der Waals surface area contributed by atoms with E-state index in [1.54, 1.807) is 0 Å². The number of nitrogens with zero attached hydrogens (tertiary/aromatic N) is 6. The van der Waals surface area contributed by atoms with Gasteiger partial charge in [0, 0.05) is 15.1 Å². The number of nitrogen functional groups attached to an aromatic ring is 1. The molecule has 4 rings (SSSR count). The molecule has 31 heavy (non-hydrogen) atoms.